The number of oxazole rings is 1. The average Bonchev–Trinajstić information content (AvgIpc) is 2.70. The summed E-state index contributed by atoms with van der Waals surface area (Å²) in [5.74, 6) is 0.325. The van der Waals surface area contributed by atoms with Gasteiger partial charge in [-0.15, -0.1) is 0 Å². The standard InChI is InChI=1S/C12H14N2O3/c15-12-14-10-2-1-9(7-11(10)17-12)16-8-3-5-13-6-4-8/h1-2,7-8,13H,3-6H2,(H,14,15). The van der Waals surface area contributed by atoms with Gasteiger partial charge in [-0.1, -0.05) is 0 Å². The van der Waals surface area contributed by atoms with E-state index in [4.69, 9.17) is 9.15 Å². The number of H-pyrrole nitrogens is 1. The molecule has 1 aliphatic heterocycles. The van der Waals surface area contributed by atoms with Crippen LogP contribution in [0.1, 0.15) is 12.8 Å². The summed E-state index contributed by atoms with van der Waals surface area (Å²) < 4.78 is 10.9. The number of nitrogens with one attached hydrogen (secondary N) is 2. The van der Waals surface area contributed by atoms with Crippen molar-refractivity contribution in [2.75, 3.05) is 13.1 Å². The lowest BCUT2D eigenvalue weighted by atomic mass is 10.1. The fraction of sp³-hybridized carbons (Fsp3) is 0.417. The Kier molecular flexibility index (Phi) is 2.60. The number of aromatic amines is 1. The van der Waals surface area contributed by atoms with E-state index >= 15 is 0 Å². The molecule has 0 atom stereocenters. The number of piperidine rings is 1. The zero-order valence-electron chi connectivity index (χ0n) is 9.36. The molecule has 90 valence electrons. The minimum atomic E-state index is -0.431. The molecule has 2 aromatic rings. The minimum Gasteiger partial charge on any atom is -0.490 e. The van der Waals surface area contributed by atoms with Crippen LogP contribution in [0.25, 0.3) is 11.1 Å². The quantitative estimate of drug-likeness (QED) is 0.820. The number of benzene rings is 1. The van der Waals surface area contributed by atoms with E-state index in [2.05, 4.69) is 10.3 Å². The van der Waals surface area contributed by atoms with Crippen molar-refractivity contribution in [3.8, 4) is 5.75 Å². The van der Waals surface area contributed by atoms with Crippen molar-refractivity contribution in [3.05, 3.63) is 28.7 Å². The van der Waals surface area contributed by atoms with E-state index in [0.29, 0.717) is 11.1 Å². The van der Waals surface area contributed by atoms with E-state index in [9.17, 15) is 4.79 Å². The van der Waals surface area contributed by atoms with Crippen LogP contribution in [-0.4, -0.2) is 24.2 Å². The molecule has 3 rings (SSSR count). The summed E-state index contributed by atoms with van der Waals surface area (Å²) in [5.41, 5.74) is 1.24. The van der Waals surface area contributed by atoms with E-state index in [1.807, 2.05) is 6.07 Å². The summed E-state index contributed by atoms with van der Waals surface area (Å²) in [6.07, 6.45) is 2.27. The third-order valence-electron chi connectivity index (χ3n) is 2.98. The summed E-state index contributed by atoms with van der Waals surface area (Å²) in [4.78, 5) is 13.6. The first kappa shape index (κ1) is 10.4. The summed E-state index contributed by atoms with van der Waals surface area (Å²) in [6, 6.07) is 5.42. The Morgan fingerprint density at radius 2 is 2.12 bits per heavy atom. The van der Waals surface area contributed by atoms with Gasteiger partial charge in [0.1, 0.15) is 11.9 Å². The molecule has 0 amide bonds. The third kappa shape index (κ3) is 2.19. The highest BCUT2D eigenvalue weighted by molar-refractivity contribution is 5.73. The topological polar surface area (TPSA) is 67.3 Å². The van der Waals surface area contributed by atoms with Crippen molar-refractivity contribution < 1.29 is 9.15 Å². The maximum atomic E-state index is 11.0. The van der Waals surface area contributed by atoms with E-state index in [1.54, 1.807) is 12.1 Å². The van der Waals surface area contributed by atoms with E-state index < -0.39 is 5.76 Å². The Morgan fingerprint density at radius 1 is 1.29 bits per heavy atom. The number of fused-ring (bicyclic) bond motifs is 1. The van der Waals surface area contributed by atoms with Crippen LogP contribution < -0.4 is 15.8 Å². The van der Waals surface area contributed by atoms with Crippen LogP contribution in [0.3, 0.4) is 0 Å². The molecule has 0 unspecified atom stereocenters. The van der Waals surface area contributed by atoms with Crippen LogP contribution in [0.5, 0.6) is 5.75 Å². The van der Waals surface area contributed by atoms with E-state index in [-0.39, 0.29) is 6.10 Å². The predicted molar refractivity (Wildman–Crippen MR) is 63.4 cm³/mol. The number of hydrogen-bond donors (Lipinski definition) is 2. The molecule has 1 fully saturated rings. The molecule has 0 aliphatic carbocycles. The van der Waals surface area contributed by atoms with Gasteiger partial charge in [0.25, 0.3) is 0 Å². The summed E-state index contributed by atoms with van der Waals surface area (Å²) in [7, 11) is 0. The van der Waals surface area contributed by atoms with E-state index in [0.717, 1.165) is 31.7 Å². The van der Waals surface area contributed by atoms with Crippen LogP contribution in [0.2, 0.25) is 0 Å². The molecule has 1 saturated heterocycles. The smallest absolute Gasteiger partial charge is 0.417 e. The fourth-order valence-corrected chi connectivity index (χ4v) is 2.10. The zero-order valence-corrected chi connectivity index (χ0v) is 9.36. The fourth-order valence-electron chi connectivity index (χ4n) is 2.10. The monoisotopic (exact) mass is 234 g/mol. The van der Waals surface area contributed by atoms with E-state index in [1.165, 1.54) is 0 Å². The molecular weight excluding hydrogens is 220 g/mol. The number of aromatic nitrogens is 1. The molecule has 0 spiro atoms. The molecule has 2 heterocycles. The van der Waals surface area contributed by atoms with Crippen LogP contribution in [0.4, 0.5) is 0 Å². The van der Waals surface area contributed by atoms with Gasteiger partial charge in [-0.2, -0.15) is 0 Å². The summed E-state index contributed by atoms with van der Waals surface area (Å²) >= 11 is 0. The molecule has 2 N–H and O–H groups in total. The van der Waals surface area contributed by atoms with Crippen LogP contribution in [0, 0.1) is 0 Å². The van der Waals surface area contributed by atoms with Gasteiger partial charge in [0.2, 0.25) is 0 Å². The number of hydrogen-bond acceptors (Lipinski definition) is 4. The minimum absolute atomic E-state index is 0.249. The molecule has 1 aliphatic rings. The Morgan fingerprint density at radius 3 is 2.94 bits per heavy atom. The molecule has 0 radical (unpaired) electrons. The first-order chi connectivity index (χ1) is 8.31. The van der Waals surface area contributed by atoms with Crippen molar-refractivity contribution in [1.29, 1.82) is 0 Å². The van der Waals surface area contributed by atoms with Gasteiger partial charge in [-0.25, -0.2) is 4.79 Å². The Hall–Kier alpha value is -1.75. The Labute approximate surface area is 97.8 Å². The van der Waals surface area contributed by atoms with Crippen LogP contribution >= 0.6 is 0 Å². The molecule has 1 aromatic carbocycles. The van der Waals surface area contributed by atoms with Crippen LogP contribution in [0.15, 0.2) is 27.4 Å². The van der Waals surface area contributed by atoms with Crippen molar-refractivity contribution in [1.82, 2.24) is 10.3 Å². The van der Waals surface area contributed by atoms with Crippen molar-refractivity contribution in [3.63, 3.8) is 0 Å². The van der Waals surface area contributed by atoms with Gasteiger partial charge < -0.3 is 14.5 Å². The molecule has 17 heavy (non-hydrogen) atoms. The highest BCUT2D eigenvalue weighted by atomic mass is 16.5. The second-order valence-corrected chi connectivity index (χ2v) is 4.24. The maximum Gasteiger partial charge on any atom is 0.417 e. The van der Waals surface area contributed by atoms with Crippen molar-refractivity contribution in [2.45, 2.75) is 18.9 Å². The van der Waals surface area contributed by atoms with Gasteiger partial charge in [0.05, 0.1) is 5.52 Å². The highest BCUT2D eigenvalue weighted by Gasteiger charge is 2.14. The normalized spacial score (nSPS) is 17.4. The molecule has 0 bridgehead atoms. The van der Waals surface area contributed by atoms with Crippen molar-refractivity contribution in [2.24, 2.45) is 0 Å². The maximum absolute atomic E-state index is 11.0. The number of ether oxygens (including phenoxy) is 1. The van der Waals surface area contributed by atoms with Crippen LogP contribution in [-0.2, 0) is 0 Å². The molecule has 5 heteroatoms. The third-order valence-corrected chi connectivity index (χ3v) is 2.98. The molecule has 1 aromatic heterocycles. The lowest BCUT2D eigenvalue weighted by Gasteiger charge is -2.23. The van der Waals surface area contributed by atoms with Gasteiger partial charge in [0, 0.05) is 6.07 Å². The molecule has 5 nitrogen and oxygen atoms in total. The summed E-state index contributed by atoms with van der Waals surface area (Å²) in [5, 5.41) is 3.29. The first-order valence-electron chi connectivity index (χ1n) is 5.81. The predicted octanol–water partition coefficient (Wildman–Crippen LogP) is 1.25. The largest absolute Gasteiger partial charge is 0.490 e. The first-order valence-corrected chi connectivity index (χ1v) is 5.81. The Bertz CT molecular complexity index is 566. The molecular formula is C12H14N2O3. The second kappa shape index (κ2) is 4.25. The lowest BCUT2D eigenvalue weighted by Crippen LogP contribution is -2.34. The summed E-state index contributed by atoms with van der Waals surface area (Å²) in [6.45, 7) is 1.98. The highest BCUT2D eigenvalue weighted by Crippen LogP contribution is 2.21. The number of rotatable bonds is 2. The Balaban J connectivity index is 1.82. The lowest BCUT2D eigenvalue weighted by molar-refractivity contribution is 0.162. The average molecular weight is 234 g/mol. The SMILES string of the molecule is O=c1[nH]c2ccc(OC3CCNCC3)cc2o1. The van der Waals surface area contributed by atoms with Crippen molar-refractivity contribution >= 4 is 11.1 Å². The van der Waals surface area contributed by atoms with Gasteiger partial charge >= 0.3 is 5.76 Å². The van der Waals surface area contributed by atoms with Gasteiger partial charge in [-0.05, 0) is 38.1 Å². The zero-order chi connectivity index (χ0) is 11.7. The second-order valence-electron chi connectivity index (χ2n) is 4.24. The van der Waals surface area contributed by atoms with Gasteiger partial charge in [-0.3, -0.25) is 4.98 Å². The van der Waals surface area contributed by atoms with Gasteiger partial charge in [0.15, 0.2) is 5.58 Å². The molecule has 0 saturated carbocycles.